The topological polar surface area (TPSA) is 58.6 Å². The van der Waals surface area contributed by atoms with Gasteiger partial charge in [0.05, 0.1) is 0 Å². The molecule has 1 amide bonds. The van der Waals surface area contributed by atoms with Gasteiger partial charge in [-0.1, -0.05) is 13.8 Å². The number of amides is 1. The SMILES string of the molecule is CC(C)(CO)CC(C)(C)NC(=O)OC(C)(C)C. The van der Waals surface area contributed by atoms with Gasteiger partial charge in [-0.05, 0) is 46.5 Å². The van der Waals surface area contributed by atoms with E-state index in [0.717, 1.165) is 0 Å². The van der Waals surface area contributed by atoms with E-state index in [9.17, 15) is 9.90 Å². The van der Waals surface area contributed by atoms with Crippen LogP contribution in [0.25, 0.3) is 0 Å². The Kier molecular flexibility index (Phi) is 5.02. The number of carbonyl (C=O) groups excluding carboxylic acids is 1. The summed E-state index contributed by atoms with van der Waals surface area (Å²) in [5.41, 5.74) is -1.13. The lowest BCUT2D eigenvalue weighted by molar-refractivity contribution is 0.0421. The van der Waals surface area contributed by atoms with Crippen molar-refractivity contribution >= 4 is 6.09 Å². The molecule has 0 aliphatic carbocycles. The lowest BCUT2D eigenvalue weighted by atomic mass is 9.81. The fourth-order valence-corrected chi connectivity index (χ4v) is 1.88. The van der Waals surface area contributed by atoms with Gasteiger partial charge in [0.2, 0.25) is 0 Å². The van der Waals surface area contributed by atoms with Crippen LogP contribution in [0.3, 0.4) is 0 Å². The first kappa shape index (κ1) is 16.2. The molecule has 4 nitrogen and oxygen atoms in total. The molecule has 0 rings (SSSR count). The molecule has 0 unspecified atom stereocenters. The molecule has 0 saturated heterocycles. The highest BCUT2D eigenvalue weighted by atomic mass is 16.6. The second kappa shape index (κ2) is 5.25. The van der Waals surface area contributed by atoms with Gasteiger partial charge in [0.1, 0.15) is 5.60 Å². The van der Waals surface area contributed by atoms with Gasteiger partial charge in [0.15, 0.2) is 0 Å². The zero-order valence-corrected chi connectivity index (χ0v) is 12.2. The molecule has 0 fully saturated rings. The van der Waals surface area contributed by atoms with Gasteiger partial charge in [0, 0.05) is 12.1 Å². The Bertz CT molecular complexity index is 264. The Morgan fingerprint density at radius 2 is 1.59 bits per heavy atom. The zero-order chi connectivity index (χ0) is 13.9. The molecular formula is C13H27NO3. The molecule has 0 bridgehead atoms. The number of alkyl carbamates (subject to hydrolysis) is 1. The van der Waals surface area contributed by atoms with Gasteiger partial charge in [-0.25, -0.2) is 4.79 Å². The van der Waals surface area contributed by atoms with Gasteiger partial charge < -0.3 is 15.2 Å². The number of ether oxygens (including phenoxy) is 1. The van der Waals surface area contributed by atoms with Gasteiger partial charge in [-0.15, -0.1) is 0 Å². The van der Waals surface area contributed by atoms with E-state index in [2.05, 4.69) is 5.32 Å². The van der Waals surface area contributed by atoms with Gasteiger partial charge in [-0.3, -0.25) is 0 Å². The summed E-state index contributed by atoms with van der Waals surface area (Å²) < 4.78 is 5.21. The van der Waals surface area contributed by atoms with Crippen molar-refractivity contribution in [1.29, 1.82) is 0 Å². The number of aliphatic hydroxyl groups excluding tert-OH is 1. The molecule has 17 heavy (non-hydrogen) atoms. The molecule has 102 valence electrons. The van der Waals surface area contributed by atoms with E-state index in [-0.39, 0.29) is 12.0 Å². The van der Waals surface area contributed by atoms with Crippen LogP contribution in [-0.2, 0) is 4.74 Å². The monoisotopic (exact) mass is 245 g/mol. The van der Waals surface area contributed by atoms with E-state index in [1.54, 1.807) is 0 Å². The number of aliphatic hydroxyl groups is 1. The second-order valence-corrected chi connectivity index (χ2v) is 7.01. The largest absolute Gasteiger partial charge is 0.444 e. The number of nitrogens with one attached hydrogen (secondary N) is 1. The van der Waals surface area contributed by atoms with Crippen LogP contribution in [0.1, 0.15) is 54.9 Å². The standard InChI is InChI=1S/C13H27NO3/c1-11(2,3)17-10(16)14-13(6,7)8-12(4,5)9-15/h15H,8-9H2,1-7H3,(H,14,16). The number of hydrogen-bond donors (Lipinski definition) is 2. The van der Waals surface area contributed by atoms with Gasteiger partial charge in [0.25, 0.3) is 0 Å². The van der Waals surface area contributed by atoms with Crippen LogP contribution in [0, 0.1) is 5.41 Å². The highest BCUT2D eigenvalue weighted by molar-refractivity contribution is 5.68. The predicted octanol–water partition coefficient (Wildman–Crippen LogP) is 2.70. The molecule has 0 aromatic rings. The fraction of sp³-hybridized carbons (Fsp3) is 0.923. The molecule has 0 aromatic heterocycles. The van der Waals surface area contributed by atoms with Crippen molar-refractivity contribution in [3.63, 3.8) is 0 Å². The van der Waals surface area contributed by atoms with E-state index in [1.165, 1.54) is 0 Å². The van der Waals surface area contributed by atoms with Crippen molar-refractivity contribution in [2.45, 2.75) is 66.0 Å². The van der Waals surface area contributed by atoms with Crippen molar-refractivity contribution in [3.8, 4) is 0 Å². The second-order valence-electron chi connectivity index (χ2n) is 7.01. The molecule has 0 spiro atoms. The van der Waals surface area contributed by atoms with E-state index < -0.39 is 17.2 Å². The summed E-state index contributed by atoms with van der Waals surface area (Å²) in [6.07, 6.45) is 0.256. The first-order valence-electron chi connectivity index (χ1n) is 5.99. The van der Waals surface area contributed by atoms with Crippen molar-refractivity contribution in [1.82, 2.24) is 5.32 Å². The summed E-state index contributed by atoms with van der Waals surface area (Å²) >= 11 is 0. The van der Waals surface area contributed by atoms with E-state index in [1.807, 2.05) is 48.5 Å². The van der Waals surface area contributed by atoms with Crippen LogP contribution < -0.4 is 5.32 Å². The summed E-state index contributed by atoms with van der Waals surface area (Å²) in [5, 5.41) is 12.1. The average molecular weight is 245 g/mol. The smallest absolute Gasteiger partial charge is 0.408 e. The molecule has 0 atom stereocenters. The molecule has 0 aliphatic rings. The van der Waals surface area contributed by atoms with Crippen LogP contribution in [-0.4, -0.2) is 28.9 Å². The van der Waals surface area contributed by atoms with Crippen LogP contribution in [0.5, 0.6) is 0 Å². The fourth-order valence-electron chi connectivity index (χ4n) is 1.88. The molecule has 0 aliphatic heterocycles. The minimum absolute atomic E-state index is 0.0897. The van der Waals surface area contributed by atoms with Crippen molar-refractivity contribution in [2.24, 2.45) is 5.41 Å². The summed E-state index contributed by atoms with van der Waals surface area (Å²) in [6.45, 7) is 13.4. The predicted molar refractivity (Wildman–Crippen MR) is 68.9 cm³/mol. The van der Waals surface area contributed by atoms with Gasteiger partial charge >= 0.3 is 6.09 Å². The zero-order valence-electron chi connectivity index (χ0n) is 12.2. The molecule has 0 saturated carbocycles. The van der Waals surface area contributed by atoms with Crippen LogP contribution in [0.2, 0.25) is 0 Å². The molecule has 4 heteroatoms. The van der Waals surface area contributed by atoms with Crippen molar-refractivity contribution in [3.05, 3.63) is 0 Å². The van der Waals surface area contributed by atoms with E-state index in [0.29, 0.717) is 6.42 Å². The summed E-state index contributed by atoms with van der Waals surface area (Å²) in [6, 6.07) is 0. The van der Waals surface area contributed by atoms with Crippen LogP contribution in [0.4, 0.5) is 4.79 Å². The van der Waals surface area contributed by atoms with Crippen molar-refractivity contribution in [2.75, 3.05) is 6.61 Å². The Morgan fingerprint density at radius 1 is 1.12 bits per heavy atom. The highest BCUT2D eigenvalue weighted by Gasteiger charge is 2.31. The molecule has 2 N–H and O–H groups in total. The lowest BCUT2D eigenvalue weighted by Gasteiger charge is -2.35. The van der Waals surface area contributed by atoms with Crippen LogP contribution in [0.15, 0.2) is 0 Å². The molecule has 0 aromatic carbocycles. The summed E-state index contributed by atoms with van der Waals surface area (Å²) in [4.78, 5) is 11.7. The lowest BCUT2D eigenvalue weighted by Crippen LogP contribution is -2.48. The van der Waals surface area contributed by atoms with Gasteiger partial charge in [-0.2, -0.15) is 0 Å². The summed E-state index contributed by atoms with van der Waals surface area (Å²) in [7, 11) is 0. The Labute approximate surface area is 105 Å². The third kappa shape index (κ3) is 8.02. The highest BCUT2D eigenvalue weighted by Crippen LogP contribution is 2.27. The van der Waals surface area contributed by atoms with Crippen molar-refractivity contribution < 1.29 is 14.6 Å². The molecule has 0 heterocycles. The summed E-state index contributed by atoms with van der Waals surface area (Å²) in [5.74, 6) is 0. The molecule has 0 radical (unpaired) electrons. The van der Waals surface area contributed by atoms with E-state index >= 15 is 0 Å². The Balaban J connectivity index is 4.40. The molecular weight excluding hydrogens is 218 g/mol. The van der Waals surface area contributed by atoms with Crippen LogP contribution >= 0.6 is 0 Å². The number of carbonyl (C=O) groups is 1. The minimum Gasteiger partial charge on any atom is -0.444 e. The number of rotatable bonds is 4. The Morgan fingerprint density at radius 3 is 1.94 bits per heavy atom. The maximum atomic E-state index is 11.7. The Hall–Kier alpha value is -0.770. The third-order valence-electron chi connectivity index (χ3n) is 2.19. The van der Waals surface area contributed by atoms with E-state index in [4.69, 9.17) is 4.74 Å². The third-order valence-corrected chi connectivity index (χ3v) is 2.19. The normalized spacial score (nSPS) is 13.4. The maximum absolute atomic E-state index is 11.7. The quantitative estimate of drug-likeness (QED) is 0.800. The number of hydrogen-bond acceptors (Lipinski definition) is 3. The minimum atomic E-state index is -0.493. The first-order chi connectivity index (χ1) is 7.37. The average Bonchev–Trinajstić information content (AvgIpc) is 1.96. The maximum Gasteiger partial charge on any atom is 0.408 e. The first-order valence-corrected chi connectivity index (χ1v) is 5.99.